The highest BCUT2D eigenvalue weighted by Gasteiger charge is 2.47. The predicted molar refractivity (Wildman–Crippen MR) is 83.4 cm³/mol. The summed E-state index contributed by atoms with van der Waals surface area (Å²) in [5, 5.41) is 0. The number of aryl methyl sites for hydroxylation is 1. The van der Waals surface area contributed by atoms with Crippen molar-refractivity contribution in [3.8, 4) is 0 Å². The lowest BCUT2D eigenvalue weighted by molar-refractivity contribution is -0.0159. The van der Waals surface area contributed by atoms with E-state index in [1.807, 2.05) is 27.7 Å². The third kappa shape index (κ3) is 3.05. The van der Waals surface area contributed by atoms with Gasteiger partial charge in [-0.25, -0.2) is 8.42 Å². The van der Waals surface area contributed by atoms with Crippen molar-refractivity contribution >= 4 is 10.0 Å². The lowest BCUT2D eigenvalue weighted by Gasteiger charge is -2.34. The molecule has 21 heavy (non-hydrogen) atoms. The van der Waals surface area contributed by atoms with Gasteiger partial charge in [0.1, 0.15) is 6.23 Å². The second-order valence-electron chi connectivity index (χ2n) is 6.50. The van der Waals surface area contributed by atoms with Gasteiger partial charge in [0, 0.05) is 5.41 Å². The number of sulfonamides is 1. The summed E-state index contributed by atoms with van der Waals surface area (Å²) in [4.78, 5) is 0.291. The number of benzene rings is 1. The van der Waals surface area contributed by atoms with E-state index in [0.29, 0.717) is 11.5 Å². The molecule has 1 aromatic rings. The van der Waals surface area contributed by atoms with Gasteiger partial charge < -0.3 is 4.74 Å². The van der Waals surface area contributed by atoms with Crippen LogP contribution in [0.3, 0.4) is 0 Å². The van der Waals surface area contributed by atoms with Crippen LogP contribution in [0.1, 0.15) is 26.3 Å². The third-order valence-electron chi connectivity index (χ3n) is 3.59. The molecular weight excluding hydrogens is 286 g/mol. The number of nitrogens with zero attached hydrogens (tertiary/aromatic N) is 1. The van der Waals surface area contributed by atoms with Gasteiger partial charge in [0.2, 0.25) is 10.0 Å². The van der Waals surface area contributed by atoms with Crippen LogP contribution in [0.15, 0.2) is 41.8 Å². The Kier molecular flexibility index (Phi) is 4.29. The molecule has 1 aromatic carbocycles. The van der Waals surface area contributed by atoms with Crippen LogP contribution >= 0.6 is 0 Å². The van der Waals surface area contributed by atoms with Crippen molar-refractivity contribution in [1.29, 1.82) is 0 Å². The standard InChI is InChI=1S/C16H23NO3S/c1-6-13-11-20-15(16(3,4)5)17(13)21(18,19)14-9-7-12(2)8-10-14/h6-10,13,15H,1,11H2,2-5H3. The highest BCUT2D eigenvalue weighted by molar-refractivity contribution is 7.89. The summed E-state index contributed by atoms with van der Waals surface area (Å²) < 4.78 is 33.1. The van der Waals surface area contributed by atoms with Gasteiger partial charge in [0.05, 0.1) is 17.5 Å². The lowest BCUT2D eigenvalue weighted by atomic mass is 9.94. The third-order valence-corrected chi connectivity index (χ3v) is 5.48. The predicted octanol–water partition coefficient (Wildman–Crippen LogP) is 2.94. The van der Waals surface area contributed by atoms with Crippen LogP contribution in [0.25, 0.3) is 0 Å². The van der Waals surface area contributed by atoms with Crippen molar-refractivity contribution in [3.63, 3.8) is 0 Å². The highest BCUT2D eigenvalue weighted by Crippen LogP contribution is 2.36. The summed E-state index contributed by atoms with van der Waals surface area (Å²) in [6.07, 6.45) is 1.14. The van der Waals surface area contributed by atoms with Crippen molar-refractivity contribution in [2.45, 2.75) is 44.9 Å². The van der Waals surface area contributed by atoms with E-state index in [0.717, 1.165) is 5.56 Å². The van der Waals surface area contributed by atoms with Gasteiger partial charge in [-0.3, -0.25) is 0 Å². The van der Waals surface area contributed by atoms with Gasteiger partial charge in [0.15, 0.2) is 0 Å². The summed E-state index contributed by atoms with van der Waals surface area (Å²) in [5.74, 6) is 0. The van der Waals surface area contributed by atoms with Crippen LogP contribution in [0, 0.1) is 12.3 Å². The molecule has 1 fully saturated rings. The van der Waals surface area contributed by atoms with E-state index in [2.05, 4.69) is 6.58 Å². The Hall–Kier alpha value is -1.17. The molecule has 0 aromatic heterocycles. The summed E-state index contributed by atoms with van der Waals surface area (Å²) in [7, 11) is -3.61. The second kappa shape index (κ2) is 5.55. The molecule has 2 atom stereocenters. The topological polar surface area (TPSA) is 46.6 Å². The molecule has 0 radical (unpaired) electrons. The summed E-state index contributed by atoms with van der Waals surface area (Å²) in [5.41, 5.74) is 0.717. The van der Waals surface area contributed by atoms with Crippen molar-refractivity contribution in [2.75, 3.05) is 6.61 Å². The van der Waals surface area contributed by atoms with Crippen LogP contribution in [-0.2, 0) is 14.8 Å². The van der Waals surface area contributed by atoms with E-state index in [-0.39, 0.29) is 11.5 Å². The minimum absolute atomic E-state index is 0.291. The van der Waals surface area contributed by atoms with Crippen LogP contribution in [0.5, 0.6) is 0 Å². The van der Waals surface area contributed by atoms with Crippen LogP contribution in [0.4, 0.5) is 0 Å². The van der Waals surface area contributed by atoms with E-state index >= 15 is 0 Å². The Balaban J connectivity index is 2.48. The van der Waals surface area contributed by atoms with Crippen molar-refractivity contribution in [3.05, 3.63) is 42.5 Å². The smallest absolute Gasteiger partial charge is 0.245 e. The first-order valence-corrected chi connectivity index (χ1v) is 8.46. The van der Waals surface area contributed by atoms with Gasteiger partial charge in [0.25, 0.3) is 0 Å². The Labute approximate surface area is 127 Å². The van der Waals surface area contributed by atoms with Gasteiger partial charge >= 0.3 is 0 Å². The molecule has 0 N–H and O–H groups in total. The molecule has 0 amide bonds. The highest BCUT2D eigenvalue weighted by atomic mass is 32.2. The molecule has 1 heterocycles. The van der Waals surface area contributed by atoms with Crippen LogP contribution in [-0.4, -0.2) is 31.6 Å². The Morgan fingerprint density at radius 1 is 1.29 bits per heavy atom. The quantitative estimate of drug-likeness (QED) is 0.807. The second-order valence-corrected chi connectivity index (χ2v) is 8.35. The lowest BCUT2D eigenvalue weighted by Crippen LogP contribution is -2.46. The average molecular weight is 309 g/mol. The van der Waals surface area contributed by atoms with Gasteiger partial charge in [-0.2, -0.15) is 4.31 Å². The Bertz CT molecular complexity index is 614. The zero-order valence-electron chi connectivity index (χ0n) is 13.0. The summed E-state index contributed by atoms with van der Waals surface area (Å²) in [6.45, 7) is 11.9. The fraction of sp³-hybridized carbons (Fsp3) is 0.500. The number of hydrogen-bond donors (Lipinski definition) is 0. The van der Waals surface area contributed by atoms with E-state index in [1.165, 1.54) is 4.31 Å². The first-order valence-electron chi connectivity index (χ1n) is 7.02. The van der Waals surface area contributed by atoms with E-state index in [4.69, 9.17) is 4.74 Å². The van der Waals surface area contributed by atoms with Crippen molar-refractivity contribution in [2.24, 2.45) is 5.41 Å². The molecule has 2 rings (SSSR count). The first-order chi connectivity index (χ1) is 9.67. The zero-order valence-corrected chi connectivity index (χ0v) is 13.9. The van der Waals surface area contributed by atoms with Gasteiger partial charge in [-0.15, -0.1) is 6.58 Å². The maximum atomic E-state index is 13.0. The minimum atomic E-state index is -3.61. The average Bonchev–Trinajstić information content (AvgIpc) is 2.83. The molecule has 0 spiro atoms. The molecule has 1 saturated heterocycles. The van der Waals surface area contributed by atoms with Gasteiger partial charge in [-0.05, 0) is 19.1 Å². The summed E-state index contributed by atoms with van der Waals surface area (Å²) >= 11 is 0. The molecule has 2 unspecified atom stereocenters. The molecule has 5 heteroatoms. The number of hydrogen-bond acceptors (Lipinski definition) is 3. The summed E-state index contributed by atoms with van der Waals surface area (Å²) in [6, 6.07) is 6.56. The SMILES string of the molecule is C=CC1COC(C(C)(C)C)N1S(=O)(=O)c1ccc(C)cc1. The van der Waals surface area contributed by atoms with E-state index < -0.39 is 16.3 Å². The van der Waals surface area contributed by atoms with Crippen LogP contribution in [0.2, 0.25) is 0 Å². The molecule has 1 aliphatic heterocycles. The largest absolute Gasteiger partial charge is 0.360 e. The fourth-order valence-corrected chi connectivity index (χ4v) is 4.31. The first kappa shape index (κ1) is 16.2. The number of ether oxygens (including phenoxy) is 1. The molecular formula is C16H23NO3S. The normalized spacial score (nSPS) is 24.2. The molecule has 4 nitrogen and oxygen atoms in total. The monoisotopic (exact) mass is 309 g/mol. The maximum absolute atomic E-state index is 13.0. The Morgan fingerprint density at radius 2 is 1.86 bits per heavy atom. The molecule has 0 saturated carbocycles. The molecule has 0 aliphatic carbocycles. The maximum Gasteiger partial charge on any atom is 0.245 e. The zero-order chi connectivity index (χ0) is 15.8. The van der Waals surface area contributed by atoms with Crippen molar-refractivity contribution in [1.82, 2.24) is 4.31 Å². The minimum Gasteiger partial charge on any atom is -0.360 e. The molecule has 0 bridgehead atoms. The van der Waals surface area contributed by atoms with E-state index in [9.17, 15) is 8.42 Å². The number of rotatable bonds is 3. The Morgan fingerprint density at radius 3 is 2.33 bits per heavy atom. The van der Waals surface area contributed by atoms with Gasteiger partial charge in [-0.1, -0.05) is 44.5 Å². The van der Waals surface area contributed by atoms with Crippen molar-refractivity contribution < 1.29 is 13.2 Å². The van der Waals surface area contributed by atoms with E-state index in [1.54, 1.807) is 30.3 Å². The van der Waals surface area contributed by atoms with Crippen LogP contribution < -0.4 is 0 Å². The fourth-order valence-electron chi connectivity index (χ4n) is 2.45. The molecule has 1 aliphatic rings. The molecule has 116 valence electrons.